The van der Waals surface area contributed by atoms with Crippen LogP contribution in [0.25, 0.3) is 11.4 Å². The minimum Gasteiger partial charge on any atom is -0.398 e. The maximum Gasteiger partial charge on any atom is 0.184 e. The molecular formula is C14H19N5. The van der Waals surface area contributed by atoms with E-state index in [1.165, 1.54) is 25.7 Å². The Labute approximate surface area is 112 Å². The molecule has 0 aliphatic heterocycles. The summed E-state index contributed by atoms with van der Waals surface area (Å²) in [6.45, 7) is 2.20. The number of hydrogen-bond donors (Lipinski definition) is 1. The number of nitrogens with two attached hydrogens (primary N) is 1. The minimum absolute atomic E-state index is 0.326. The van der Waals surface area contributed by atoms with Crippen LogP contribution in [0.2, 0.25) is 0 Å². The molecule has 0 amide bonds. The molecule has 5 nitrogen and oxygen atoms in total. The lowest BCUT2D eigenvalue weighted by molar-refractivity contribution is 0.332. The number of aromatic nitrogens is 4. The predicted molar refractivity (Wildman–Crippen MR) is 74.3 cm³/mol. The molecule has 1 fully saturated rings. The molecule has 0 bridgehead atoms. The van der Waals surface area contributed by atoms with Crippen LogP contribution in [-0.4, -0.2) is 20.2 Å². The molecule has 19 heavy (non-hydrogen) atoms. The van der Waals surface area contributed by atoms with Crippen LogP contribution in [0.4, 0.5) is 5.69 Å². The first-order valence-electron chi connectivity index (χ1n) is 6.90. The van der Waals surface area contributed by atoms with Crippen molar-refractivity contribution in [1.82, 2.24) is 20.2 Å². The average Bonchev–Trinajstić information content (AvgIpc) is 3.10. The van der Waals surface area contributed by atoms with E-state index >= 15 is 0 Å². The Bertz CT molecular complexity index is 556. The third kappa shape index (κ3) is 2.20. The van der Waals surface area contributed by atoms with Crippen LogP contribution >= 0.6 is 0 Å². The van der Waals surface area contributed by atoms with Gasteiger partial charge < -0.3 is 5.73 Å². The molecule has 1 aromatic heterocycles. The third-order valence-electron chi connectivity index (χ3n) is 4.16. The van der Waals surface area contributed by atoms with Crippen LogP contribution in [0, 0.1) is 5.92 Å². The molecule has 1 unspecified atom stereocenters. The maximum atomic E-state index is 6.03. The second kappa shape index (κ2) is 4.99. The molecule has 2 aromatic rings. The molecule has 0 saturated heterocycles. The molecule has 1 atom stereocenters. The fourth-order valence-electron chi connectivity index (χ4n) is 2.99. The number of benzene rings is 1. The molecule has 1 aromatic carbocycles. The Morgan fingerprint density at radius 1 is 1.26 bits per heavy atom. The fraction of sp³-hybridized carbons (Fsp3) is 0.500. The van der Waals surface area contributed by atoms with Crippen molar-refractivity contribution >= 4 is 5.69 Å². The first-order chi connectivity index (χ1) is 9.27. The fourth-order valence-corrected chi connectivity index (χ4v) is 2.99. The van der Waals surface area contributed by atoms with Gasteiger partial charge in [0.25, 0.3) is 0 Å². The van der Waals surface area contributed by atoms with Crippen molar-refractivity contribution < 1.29 is 0 Å². The monoisotopic (exact) mass is 257 g/mol. The molecule has 0 spiro atoms. The summed E-state index contributed by atoms with van der Waals surface area (Å²) in [5.41, 5.74) is 7.66. The molecule has 1 aliphatic carbocycles. The Morgan fingerprint density at radius 3 is 2.74 bits per heavy atom. The molecule has 100 valence electrons. The van der Waals surface area contributed by atoms with Crippen molar-refractivity contribution in [2.75, 3.05) is 5.73 Å². The summed E-state index contributed by atoms with van der Waals surface area (Å²) < 4.78 is 1.93. The summed E-state index contributed by atoms with van der Waals surface area (Å²) in [4.78, 5) is 0. The van der Waals surface area contributed by atoms with Crippen LogP contribution in [-0.2, 0) is 0 Å². The summed E-state index contributed by atoms with van der Waals surface area (Å²) in [6.07, 6.45) is 5.18. The lowest BCUT2D eigenvalue weighted by Crippen LogP contribution is -2.17. The predicted octanol–water partition coefficient (Wildman–Crippen LogP) is 2.67. The quantitative estimate of drug-likeness (QED) is 0.858. The van der Waals surface area contributed by atoms with Gasteiger partial charge in [0.1, 0.15) is 0 Å². The topological polar surface area (TPSA) is 69.6 Å². The molecule has 1 heterocycles. The van der Waals surface area contributed by atoms with Gasteiger partial charge in [0.15, 0.2) is 5.82 Å². The molecular weight excluding hydrogens is 238 g/mol. The van der Waals surface area contributed by atoms with Gasteiger partial charge >= 0.3 is 0 Å². The maximum absolute atomic E-state index is 6.03. The highest BCUT2D eigenvalue weighted by atomic mass is 15.5. The summed E-state index contributed by atoms with van der Waals surface area (Å²) in [6, 6.07) is 8.07. The van der Waals surface area contributed by atoms with E-state index in [0.29, 0.717) is 12.0 Å². The number of anilines is 1. The molecule has 3 rings (SSSR count). The van der Waals surface area contributed by atoms with Gasteiger partial charge in [-0.1, -0.05) is 25.0 Å². The van der Waals surface area contributed by atoms with E-state index in [4.69, 9.17) is 5.73 Å². The van der Waals surface area contributed by atoms with Gasteiger partial charge in [-0.2, -0.15) is 0 Å². The second-order valence-corrected chi connectivity index (χ2v) is 5.32. The van der Waals surface area contributed by atoms with Crippen LogP contribution < -0.4 is 5.73 Å². The van der Waals surface area contributed by atoms with E-state index in [2.05, 4.69) is 22.4 Å². The summed E-state index contributed by atoms with van der Waals surface area (Å²) in [7, 11) is 0. The van der Waals surface area contributed by atoms with Gasteiger partial charge in [0.2, 0.25) is 0 Å². The number of rotatable bonds is 3. The molecule has 1 saturated carbocycles. The SMILES string of the molecule is CC(C1CCCC1)n1nnnc1-c1ccccc1N. The zero-order valence-electron chi connectivity index (χ0n) is 11.2. The van der Waals surface area contributed by atoms with Gasteiger partial charge in [-0.3, -0.25) is 0 Å². The number of nitrogen functional groups attached to an aromatic ring is 1. The highest BCUT2D eigenvalue weighted by Crippen LogP contribution is 2.35. The van der Waals surface area contributed by atoms with Crippen LogP contribution in [0.15, 0.2) is 24.3 Å². The van der Waals surface area contributed by atoms with E-state index in [1.54, 1.807) is 0 Å². The first kappa shape index (κ1) is 12.1. The molecule has 2 N–H and O–H groups in total. The first-order valence-corrected chi connectivity index (χ1v) is 6.90. The van der Waals surface area contributed by atoms with E-state index < -0.39 is 0 Å². The average molecular weight is 257 g/mol. The van der Waals surface area contributed by atoms with Crippen molar-refractivity contribution in [2.45, 2.75) is 38.6 Å². The third-order valence-corrected chi connectivity index (χ3v) is 4.16. The molecule has 0 radical (unpaired) electrons. The van der Waals surface area contributed by atoms with Crippen LogP contribution in [0.5, 0.6) is 0 Å². The summed E-state index contributed by atoms with van der Waals surface area (Å²) >= 11 is 0. The van der Waals surface area contributed by atoms with Gasteiger partial charge in [-0.25, -0.2) is 4.68 Å². The number of hydrogen-bond acceptors (Lipinski definition) is 4. The Kier molecular flexibility index (Phi) is 3.19. The molecule has 1 aliphatic rings. The van der Waals surface area contributed by atoms with Crippen molar-refractivity contribution in [2.24, 2.45) is 5.92 Å². The van der Waals surface area contributed by atoms with E-state index in [1.807, 2.05) is 28.9 Å². The Morgan fingerprint density at radius 2 is 2.00 bits per heavy atom. The largest absolute Gasteiger partial charge is 0.398 e. The van der Waals surface area contributed by atoms with E-state index in [9.17, 15) is 0 Å². The molecule has 5 heteroatoms. The van der Waals surface area contributed by atoms with E-state index in [-0.39, 0.29) is 0 Å². The Balaban J connectivity index is 1.96. The van der Waals surface area contributed by atoms with Gasteiger partial charge in [0.05, 0.1) is 6.04 Å². The second-order valence-electron chi connectivity index (χ2n) is 5.32. The normalized spacial score (nSPS) is 17.7. The highest BCUT2D eigenvalue weighted by Gasteiger charge is 2.26. The van der Waals surface area contributed by atoms with Gasteiger partial charge in [0, 0.05) is 11.3 Å². The lowest BCUT2D eigenvalue weighted by Gasteiger charge is -2.20. The number of nitrogens with zero attached hydrogens (tertiary/aromatic N) is 4. The van der Waals surface area contributed by atoms with Crippen molar-refractivity contribution in [3.63, 3.8) is 0 Å². The van der Waals surface area contributed by atoms with Crippen molar-refractivity contribution in [3.05, 3.63) is 24.3 Å². The van der Waals surface area contributed by atoms with Crippen molar-refractivity contribution in [3.8, 4) is 11.4 Å². The highest BCUT2D eigenvalue weighted by molar-refractivity contribution is 5.71. The van der Waals surface area contributed by atoms with Crippen LogP contribution in [0.3, 0.4) is 0 Å². The zero-order valence-corrected chi connectivity index (χ0v) is 11.2. The summed E-state index contributed by atoms with van der Waals surface area (Å²) in [5, 5.41) is 12.2. The minimum atomic E-state index is 0.326. The van der Waals surface area contributed by atoms with Gasteiger partial charge in [-0.15, -0.1) is 5.10 Å². The smallest absolute Gasteiger partial charge is 0.184 e. The lowest BCUT2D eigenvalue weighted by atomic mass is 9.99. The van der Waals surface area contributed by atoms with Crippen LogP contribution in [0.1, 0.15) is 38.6 Å². The zero-order chi connectivity index (χ0) is 13.2. The van der Waals surface area contributed by atoms with E-state index in [0.717, 1.165) is 17.1 Å². The standard InChI is InChI=1S/C14H19N5/c1-10(11-6-2-3-7-11)19-14(16-17-18-19)12-8-4-5-9-13(12)15/h4-5,8-11H,2-3,6-7,15H2,1H3. The summed E-state index contributed by atoms with van der Waals surface area (Å²) in [5.74, 6) is 1.45. The number of para-hydroxylation sites is 1. The van der Waals surface area contributed by atoms with Gasteiger partial charge in [-0.05, 0) is 48.2 Å². The van der Waals surface area contributed by atoms with Crippen molar-refractivity contribution in [1.29, 1.82) is 0 Å². The Hall–Kier alpha value is -1.91. The number of tetrazole rings is 1.